The van der Waals surface area contributed by atoms with Gasteiger partial charge in [-0.25, -0.2) is 4.98 Å². The Morgan fingerprint density at radius 3 is 2.41 bits per heavy atom. The number of pyridine rings is 1. The molecule has 1 aliphatic rings. The third kappa shape index (κ3) is 5.90. The summed E-state index contributed by atoms with van der Waals surface area (Å²) in [6, 6.07) is 28.0. The maximum atomic E-state index is 11.9. The first-order valence-corrected chi connectivity index (χ1v) is 14.0. The number of fused-ring (bicyclic) bond motifs is 1. The molecular formula is C34H32N6O. The predicted molar refractivity (Wildman–Crippen MR) is 164 cm³/mol. The van der Waals surface area contributed by atoms with E-state index in [0.29, 0.717) is 11.1 Å². The Kier molecular flexibility index (Phi) is 7.59. The molecule has 3 heterocycles. The van der Waals surface area contributed by atoms with Crippen LogP contribution in [0.5, 0.6) is 0 Å². The van der Waals surface area contributed by atoms with Gasteiger partial charge in [0.15, 0.2) is 5.78 Å². The second-order valence-electron chi connectivity index (χ2n) is 10.4. The van der Waals surface area contributed by atoms with Gasteiger partial charge in [-0.15, -0.1) is 0 Å². The van der Waals surface area contributed by atoms with Gasteiger partial charge >= 0.3 is 0 Å². The highest BCUT2D eigenvalue weighted by Crippen LogP contribution is 2.33. The number of Topliss-reactive ketones (excluding diaryl/α,β-unsaturated/α-hetero) is 1. The molecule has 2 N–H and O–H groups in total. The number of nitrogens with zero attached hydrogens (tertiary/aromatic N) is 4. The largest absolute Gasteiger partial charge is 0.384 e. The fourth-order valence-electron chi connectivity index (χ4n) is 5.31. The first-order chi connectivity index (χ1) is 20.1. The lowest BCUT2D eigenvalue weighted by atomic mass is 9.99. The van der Waals surface area contributed by atoms with Crippen LogP contribution in [0.2, 0.25) is 0 Å². The summed E-state index contributed by atoms with van der Waals surface area (Å²) in [5, 5.41) is 16.4. The standard InChI is InChI=1S/C34H32N6O/c1-24(41)26-5-7-27(8-6-26)32-20-30(29-4-2-3-25(19-29)21-35)22-40-23-33(38-34(32)40)28-9-11-31(12-10-28)37-15-18-39-16-13-36-14-17-39/h2-12,19-20,22-23,36-37H,13-18H2,1H3. The van der Waals surface area contributed by atoms with Crippen LogP contribution in [0.4, 0.5) is 5.69 Å². The van der Waals surface area contributed by atoms with Crippen LogP contribution in [-0.4, -0.2) is 59.3 Å². The average Bonchev–Trinajstić information content (AvgIpc) is 3.46. The first-order valence-electron chi connectivity index (χ1n) is 14.0. The molecule has 0 unspecified atom stereocenters. The third-order valence-corrected chi connectivity index (χ3v) is 7.63. The van der Waals surface area contributed by atoms with Crippen LogP contribution in [0, 0.1) is 11.3 Å². The molecule has 0 spiro atoms. The van der Waals surface area contributed by atoms with E-state index in [1.165, 1.54) is 0 Å². The van der Waals surface area contributed by atoms with Crippen molar-refractivity contribution in [1.82, 2.24) is 19.6 Å². The number of rotatable bonds is 8. The van der Waals surface area contributed by atoms with Crippen molar-refractivity contribution in [1.29, 1.82) is 5.26 Å². The summed E-state index contributed by atoms with van der Waals surface area (Å²) >= 11 is 0. The maximum Gasteiger partial charge on any atom is 0.159 e. The second kappa shape index (κ2) is 11.8. The average molecular weight is 541 g/mol. The van der Waals surface area contributed by atoms with E-state index >= 15 is 0 Å². The topological polar surface area (TPSA) is 85.5 Å². The highest BCUT2D eigenvalue weighted by atomic mass is 16.1. The summed E-state index contributed by atoms with van der Waals surface area (Å²) in [6.07, 6.45) is 4.11. The number of carbonyl (C=O) groups is 1. The summed E-state index contributed by atoms with van der Waals surface area (Å²) in [7, 11) is 0. The molecule has 1 fully saturated rings. The SMILES string of the molecule is CC(=O)c1ccc(-c2cc(-c3cccc(C#N)c3)cn3cc(-c4ccc(NCCN5CCNCC5)cc4)nc23)cc1. The summed E-state index contributed by atoms with van der Waals surface area (Å²) in [6.45, 7) is 7.84. The Morgan fingerprint density at radius 2 is 1.68 bits per heavy atom. The van der Waals surface area contributed by atoms with Crippen molar-refractivity contribution in [3.8, 4) is 39.6 Å². The number of nitriles is 1. The molecule has 1 aliphatic heterocycles. The zero-order valence-corrected chi connectivity index (χ0v) is 23.1. The van der Waals surface area contributed by atoms with Crippen LogP contribution in [0.25, 0.3) is 39.2 Å². The van der Waals surface area contributed by atoms with Crippen LogP contribution in [0.3, 0.4) is 0 Å². The highest BCUT2D eigenvalue weighted by Gasteiger charge is 2.14. The molecule has 7 nitrogen and oxygen atoms in total. The minimum atomic E-state index is 0.0357. The minimum Gasteiger partial charge on any atom is -0.384 e. The molecule has 3 aromatic carbocycles. The van der Waals surface area contributed by atoms with Gasteiger partial charge in [0, 0.05) is 74.0 Å². The van der Waals surface area contributed by atoms with E-state index in [2.05, 4.69) is 62.5 Å². The van der Waals surface area contributed by atoms with E-state index in [1.807, 2.05) is 54.7 Å². The van der Waals surface area contributed by atoms with Crippen LogP contribution >= 0.6 is 0 Å². The van der Waals surface area contributed by atoms with E-state index in [9.17, 15) is 10.1 Å². The molecule has 204 valence electrons. The number of hydrogen-bond acceptors (Lipinski definition) is 6. The van der Waals surface area contributed by atoms with Crippen molar-refractivity contribution < 1.29 is 4.79 Å². The fourth-order valence-corrected chi connectivity index (χ4v) is 5.31. The summed E-state index contributed by atoms with van der Waals surface area (Å²) in [4.78, 5) is 19.4. The normalized spacial score (nSPS) is 13.7. The molecule has 0 aliphatic carbocycles. The van der Waals surface area contributed by atoms with E-state index in [-0.39, 0.29) is 5.78 Å². The molecule has 5 aromatic rings. The Bertz CT molecular complexity index is 1720. The number of nitrogens with one attached hydrogen (secondary N) is 2. The molecule has 0 radical (unpaired) electrons. The lowest BCUT2D eigenvalue weighted by molar-refractivity contribution is 0.101. The molecular weight excluding hydrogens is 508 g/mol. The van der Waals surface area contributed by atoms with Crippen LogP contribution in [0.1, 0.15) is 22.8 Å². The molecule has 0 atom stereocenters. The number of ketones is 1. The van der Waals surface area contributed by atoms with Crippen LogP contribution in [-0.2, 0) is 0 Å². The monoisotopic (exact) mass is 540 g/mol. The maximum absolute atomic E-state index is 11.9. The number of aromatic nitrogens is 2. The number of anilines is 1. The third-order valence-electron chi connectivity index (χ3n) is 7.63. The minimum absolute atomic E-state index is 0.0357. The quantitative estimate of drug-likeness (QED) is 0.245. The number of piperazine rings is 1. The smallest absolute Gasteiger partial charge is 0.159 e. The summed E-state index contributed by atoms with van der Waals surface area (Å²) in [5.41, 5.74) is 8.99. The second-order valence-corrected chi connectivity index (χ2v) is 10.4. The van der Waals surface area contributed by atoms with Gasteiger partial charge in [-0.05, 0) is 53.9 Å². The van der Waals surface area contributed by atoms with E-state index in [1.54, 1.807) is 6.92 Å². The zero-order chi connectivity index (χ0) is 28.2. The van der Waals surface area contributed by atoms with Crippen LogP contribution in [0.15, 0.2) is 91.3 Å². The molecule has 7 heteroatoms. The highest BCUT2D eigenvalue weighted by molar-refractivity contribution is 5.95. The van der Waals surface area contributed by atoms with Gasteiger partial charge < -0.3 is 15.0 Å². The summed E-state index contributed by atoms with van der Waals surface area (Å²) in [5.74, 6) is 0.0357. The molecule has 1 saturated heterocycles. The number of benzene rings is 3. The van der Waals surface area contributed by atoms with Gasteiger partial charge in [0.2, 0.25) is 0 Å². The predicted octanol–water partition coefficient (Wildman–Crippen LogP) is 5.73. The Labute approximate surface area is 240 Å². The van der Waals surface area contributed by atoms with Crippen molar-refractivity contribution in [3.63, 3.8) is 0 Å². The Hall–Kier alpha value is -4.77. The Morgan fingerprint density at radius 1 is 0.927 bits per heavy atom. The van der Waals surface area contributed by atoms with Gasteiger partial charge in [0.25, 0.3) is 0 Å². The molecule has 0 bridgehead atoms. The molecule has 0 amide bonds. The fraction of sp³-hybridized carbons (Fsp3) is 0.206. The molecule has 6 rings (SSSR count). The molecule has 41 heavy (non-hydrogen) atoms. The number of carbonyl (C=O) groups excluding carboxylic acids is 1. The van der Waals surface area contributed by atoms with Gasteiger partial charge in [-0.3, -0.25) is 9.69 Å². The van der Waals surface area contributed by atoms with Crippen molar-refractivity contribution in [2.75, 3.05) is 44.6 Å². The van der Waals surface area contributed by atoms with E-state index in [0.717, 1.165) is 84.1 Å². The van der Waals surface area contributed by atoms with Crippen molar-refractivity contribution >= 4 is 17.1 Å². The first kappa shape index (κ1) is 26.5. The lowest BCUT2D eigenvalue weighted by Crippen LogP contribution is -2.45. The van der Waals surface area contributed by atoms with E-state index in [4.69, 9.17) is 4.98 Å². The van der Waals surface area contributed by atoms with Gasteiger partial charge in [-0.1, -0.05) is 48.5 Å². The lowest BCUT2D eigenvalue weighted by Gasteiger charge is -2.27. The molecule has 0 saturated carbocycles. The number of hydrogen-bond donors (Lipinski definition) is 2. The molecule has 2 aromatic heterocycles. The van der Waals surface area contributed by atoms with Crippen molar-refractivity contribution in [2.45, 2.75) is 6.92 Å². The van der Waals surface area contributed by atoms with Crippen molar-refractivity contribution in [2.24, 2.45) is 0 Å². The zero-order valence-electron chi connectivity index (χ0n) is 23.1. The van der Waals surface area contributed by atoms with Gasteiger partial charge in [-0.2, -0.15) is 5.26 Å². The van der Waals surface area contributed by atoms with Crippen molar-refractivity contribution in [3.05, 3.63) is 102 Å². The van der Waals surface area contributed by atoms with Gasteiger partial charge in [0.05, 0.1) is 17.3 Å². The Balaban J connectivity index is 1.32. The van der Waals surface area contributed by atoms with Crippen LogP contribution < -0.4 is 10.6 Å². The van der Waals surface area contributed by atoms with E-state index < -0.39 is 0 Å². The summed E-state index contributed by atoms with van der Waals surface area (Å²) < 4.78 is 2.05. The van der Waals surface area contributed by atoms with Gasteiger partial charge in [0.1, 0.15) is 5.65 Å². The number of imidazole rings is 1.